The minimum Gasteiger partial charge on any atom is -0.373 e. The monoisotopic (exact) mass is 348 g/mol. The lowest BCUT2D eigenvalue weighted by Crippen LogP contribution is -2.38. The minimum atomic E-state index is -0.469. The van der Waals surface area contributed by atoms with Gasteiger partial charge in [0.15, 0.2) is 0 Å². The predicted octanol–water partition coefficient (Wildman–Crippen LogP) is 4.45. The molecule has 0 aromatic heterocycles. The molecule has 1 atom stereocenters. The molecule has 0 radical (unpaired) electrons. The average Bonchev–Trinajstić information content (AvgIpc) is 2.64. The van der Waals surface area contributed by atoms with Crippen molar-refractivity contribution >= 4 is 17.1 Å². The van der Waals surface area contributed by atoms with Crippen LogP contribution in [0.5, 0.6) is 0 Å². The molecule has 0 amide bonds. The van der Waals surface area contributed by atoms with Gasteiger partial charge < -0.3 is 10.6 Å². The van der Waals surface area contributed by atoms with E-state index in [2.05, 4.69) is 24.5 Å². The van der Waals surface area contributed by atoms with E-state index in [-0.39, 0.29) is 12.0 Å². The van der Waals surface area contributed by atoms with Crippen LogP contribution in [0.4, 0.5) is 17.1 Å². The molecule has 0 aliphatic rings. The molecule has 2 N–H and O–H groups in total. The fourth-order valence-electron chi connectivity index (χ4n) is 3.12. The number of nitrogens with one attached hydrogen (secondary N) is 2. The molecule has 3 aromatic rings. The molecule has 4 heteroatoms. The smallest absolute Gasteiger partial charge is 0.253 e. The van der Waals surface area contributed by atoms with Gasteiger partial charge >= 0.3 is 0 Å². The summed E-state index contributed by atoms with van der Waals surface area (Å²) in [7, 11) is 0. The molecule has 0 saturated heterocycles. The van der Waals surface area contributed by atoms with Gasteiger partial charge in [-0.3, -0.25) is 9.59 Å². The Kier molecular flexibility index (Phi) is 4.94. The van der Waals surface area contributed by atoms with Crippen LogP contribution in [0.25, 0.3) is 0 Å². The van der Waals surface area contributed by atoms with Gasteiger partial charge in [-0.15, -0.1) is 0 Å². The summed E-state index contributed by atoms with van der Waals surface area (Å²) in [6, 6.07) is 15.8. The highest BCUT2D eigenvalue weighted by Crippen LogP contribution is 2.30. The van der Waals surface area contributed by atoms with E-state index in [9.17, 15) is 9.59 Å². The first kappa shape index (κ1) is 17.9. The van der Waals surface area contributed by atoms with Crippen molar-refractivity contribution in [3.8, 4) is 0 Å². The van der Waals surface area contributed by atoms with Crippen molar-refractivity contribution in [1.29, 1.82) is 0 Å². The highest BCUT2D eigenvalue weighted by Gasteiger charge is 2.26. The summed E-state index contributed by atoms with van der Waals surface area (Å²) in [5.41, 5.74) is 3.93. The maximum absolute atomic E-state index is 12.2. The van der Waals surface area contributed by atoms with Gasteiger partial charge in [0, 0.05) is 5.69 Å². The molecule has 0 spiro atoms. The largest absolute Gasteiger partial charge is 0.373 e. The first-order chi connectivity index (χ1) is 12.4. The summed E-state index contributed by atoms with van der Waals surface area (Å²) in [6.45, 7) is 8.20. The Bertz CT molecular complexity index is 983. The number of anilines is 3. The minimum absolute atomic E-state index is 0.0429. The van der Waals surface area contributed by atoms with Crippen LogP contribution in [0.3, 0.4) is 0 Å². The summed E-state index contributed by atoms with van der Waals surface area (Å²) < 4.78 is 0. The van der Waals surface area contributed by atoms with Gasteiger partial charge in [0.25, 0.3) is 10.9 Å². The molecule has 0 aliphatic heterocycles. The quantitative estimate of drug-likeness (QED) is 0.646. The SMILES string of the molecule is Cc1cccc(Nc2c(NC(c3ccccc3)C(C)C)c(=O)c2=O)c1C. The maximum atomic E-state index is 12.2. The van der Waals surface area contributed by atoms with E-state index in [4.69, 9.17) is 0 Å². The lowest BCUT2D eigenvalue weighted by atomic mass is 9.95. The standard InChI is InChI=1S/C22H24N2O2/c1-13(2)18(16-10-6-5-7-11-16)24-20-19(21(25)22(20)26)23-17-12-8-9-14(3)15(17)4/h5-13,18,23-24H,1-4H3. The Morgan fingerprint density at radius 1 is 0.808 bits per heavy atom. The summed E-state index contributed by atoms with van der Waals surface area (Å²) in [6.07, 6.45) is 0. The summed E-state index contributed by atoms with van der Waals surface area (Å²) >= 11 is 0. The van der Waals surface area contributed by atoms with Crippen molar-refractivity contribution in [2.75, 3.05) is 10.6 Å². The topological polar surface area (TPSA) is 58.2 Å². The van der Waals surface area contributed by atoms with Gasteiger partial charge in [-0.1, -0.05) is 56.3 Å². The third-order valence-electron chi connectivity index (χ3n) is 4.90. The molecule has 4 nitrogen and oxygen atoms in total. The Morgan fingerprint density at radius 3 is 2.12 bits per heavy atom. The van der Waals surface area contributed by atoms with E-state index >= 15 is 0 Å². The molecule has 3 rings (SSSR count). The Hall–Kier alpha value is -2.88. The van der Waals surface area contributed by atoms with Crippen molar-refractivity contribution in [1.82, 2.24) is 0 Å². The molecule has 1 unspecified atom stereocenters. The summed E-state index contributed by atoms with van der Waals surface area (Å²) in [4.78, 5) is 24.3. The van der Waals surface area contributed by atoms with E-state index in [1.165, 1.54) is 0 Å². The van der Waals surface area contributed by atoms with Crippen molar-refractivity contribution in [3.63, 3.8) is 0 Å². The van der Waals surface area contributed by atoms with E-state index < -0.39 is 10.9 Å². The highest BCUT2D eigenvalue weighted by molar-refractivity contribution is 5.80. The normalized spacial score (nSPS) is 12.3. The Morgan fingerprint density at radius 2 is 1.46 bits per heavy atom. The Balaban J connectivity index is 1.92. The van der Waals surface area contributed by atoms with E-state index in [1.54, 1.807) is 0 Å². The van der Waals surface area contributed by atoms with Crippen LogP contribution < -0.4 is 21.5 Å². The maximum Gasteiger partial charge on any atom is 0.253 e. The number of aryl methyl sites for hydroxylation is 1. The van der Waals surface area contributed by atoms with Gasteiger partial charge in [-0.25, -0.2) is 0 Å². The van der Waals surface area contributed by atoms with Crippen LogP contribution in [0, 0.1) is 19.8 Å². The van der Waals surface area contributed by atoms with Crippen LogP contribution in [0.1, 0.15) is 36.6 Å². The van der Waals surface area contributed by atoms with Crippen molar-refractivity contribution in [2.24, 2.45) is 5.92 Å². The molecular formula is C22H24N2O2. The zero-order valence-corrected chi connectivity index (χ0v) is 15.6. The Labute approximate surface area is 153 Å². The molecule has 3 aromatic carbocycles. The summed E-state index contributed by atoms with van der Waals surface area (Å²) in [5.74, 6) is 0.260. The first-order valence-electron chi connectivity index (χ1n) is 8.88. The second-order valence-corrected chi connectivity index (χ2v) is 7.06. The molecule has 0 fully saturated rings. The molecule has 0 aliphatic carbocycles. The zero-order valence-electron chi connectivity index (χ0n) is 15.6. The lowest BCUT2D eigenvalue weighted by Gasteiger charge is -2.26. The molecule has 0 heterocycles. The van der Waals surface area contributed by atoms with Crippen LogP contribution >= 0.6 is 0 Å². The second kappa shape index (κ2) is 7.16. The predicted molar refractivity (Wildman–Crippen MR) is 108 cm³/mol. The van der Waals surface area contributed by atoms with Crippen LogP contribution in [-0.4, -0.2) is 0 Å². The fraction of sp³-hybridized carbons (Fsp3) is 0.273. The number of rotatable bonds is 6. The number of hydrogen-bond donors (Lipinski definition) is 2. The van der Waals surface area contributed by atoms with E-state index in [0.29, 0.717) is 11.4 Å². The van der Waals surface area contributed by atoms with Gasteiger partial charge in [0.1, 0.15) is 11.4 Å². The van der Waals surface area contributed by atoms with Gasteiger partial charge in [0.05, 0.1) is 6.04 Å². The van der Waals surface area contributed by atoms with Crippen molar-refractivity contribution in [3.05, 3.63) is 85.7 Å². The third-order valence-corrected chi connectivity index (χ3v) is 4.90. The molecule has 134 valence electrons. The second-order valence-electron chi connectivity index (χ2n) is 7.06. The molecular weight excluding hydrogens is 324 g/mol. The van der Waals surface area contributed by atoms with Crippen LogP contribution in [-0.2, 0) is 0 Å². The van der Waals surface area contributed by atoms with Crippen LogP contribution in [0.2, 0.25) is 0 Å². The van der Waals surface area contributed by atoms with Crippen molar-refractivity contribution < 1.29 is 0 Å². The highest BCUT2D eigenvalue weighted by atomic mass is 16.2. The van der Waals surface area contributed by atoms with Crippen LogP contribution in [0.15, 0.2) is 58.1 Å². The van der Waals surface area contributed by atoms with Gasteiger partial charge in [-0.05, 0) is 42.5 Å². The first-order valence-corrected chi connectivity index (χ1v) is 8.88. The molecule has 0 bridgehead atoms. The number of benzene rings is 2. The van der Waals surface area contributed by atoms with Gasteiger partial charge in [0.2, 0.25) is 0 Å². The van der Waals surface area contributed by atoms with Gasteiger partial charge in [-0.2, -0.15) is 0 Å². The van der Waals surface area contributed by atoms with E-state index in [1.807, 2.05) is 62.4 Å². The fourth-order valence-corrected chi connectivity index (χ4v) is 3.12. The number of hydrogen-bond acceptors (Lipinski definition) is 4. The molecule has 0 saturated carbocycles. The third kappa shape index (κ3) is 3.27. The van der Waals surface area contributed by atoms with E-state index in [0.717, 1.165) is 22.4 Å². The molecule has 26 heavy (non-hydrogen) atoms. The summed E-state index contributed by atoms with van der Waals surface area (Å²) in [5, 5.41) is 6.46. The average molecular weight is 348 g/mol. The lowest BCUT2D eigenvalue weighted by molar-refractivity contribution is 0.546. The zero-order chi connectivity index (χ0) is 18.8. The van der Waals surface area contributed by atoms with Crippen molar-refractivity contribution in [2.45, 2.75) is 33.7 Å².